The van der Waals surface area contributed by atoms with Crippen molar-refractivity contribution in [2.45, 2.75) is 6.92 Å². The third kappa shape index (κ3) is 1.27. The normalized spacial score (nSPS) is 15.9. The van der Waals surface area contributed by atoms with Gasteiger partial charge in [0.25, 0.3) is 11.8 Å². The van der Waals surface area contributed by atoms with Gasteiger partial charge >= 0.3 is 0 Å². The highest BCUT2D eigenvalue weighted by atomic mass is 32.1. The molecule has 1 aliphatic heterocycles. The molecule has 0 bridgehead atoms. The molecular weight excluding hydrogens is 188 g/mol. The average Bonchev–Trinajstić information content (AvgIpc) is 2.60. The van der Waals surface area contributed by atoms with Crippen LogP contribution < -0.4 is 4.90 Å². The quantitative estimate of drug-likeness (QED) is 0.623. The summed E-state index contributed by atoms with van der Waals surface area (Å²) in [6.45, 7) is 1.82. The van der Waals surface area contributed by atoms with Crippen LogP contribution in [0.1, 0.15) is 5.69 Å². The van der Waals surface area contributed by atoms with Crippen molar-refractivity contribution in [3.63, 3.8) is 0 Å². The SMILES string of the molecule is Cc1csc(N2C(=O)C=CC2=O)n1. The van der Waals surface area contributed by atoms with Gasteiger partial charge in [0, 0.05) is 17.5 Å². The fraction of sp³-hybridized carbons (Fsp3) is 0.125. The maximum Gasteiger partial charge on any atom is 0.260 e. The summed E-state index contributed by atoms with van der Waals surface area (Å²) >= 11 is 1.29. The number of anilines is 1. The summed E-state index contributed by atoms with van der Waals surface area (Å²) in [6, 6.07) is 0. The Balaban J connectivity index is 2.37. The van der Waals surface area contributed by atoms with Crippen LogP contribution in [0.25, 0.3) is 0 Å². The lowest BCUT2D eigenvalue weighted by Gasteiger charge is -2.07. The molecule has 0 fully saturated rings. The summed E-state index contributed by atoms with van der Waals surface area (Å²) in [5.74, 6) is -0.640. The van der Waals surface area contributed by atoms with Gasteiger partial charge in [-0.3, -0.25) is 9.59 Å². The van der Waals surface area contributed by atoms with E-state index in [1.165, 1.54) is 23.5 Å². The number of aryl methyl sites for hydroxylation is 1. The van der Waals surface area contributed by atoms with Crippen molar-refractivity contribution in [1.82, 2.24) is 4.98 Å². The minimum atomic E-state index is -0.320. The number of rotatable bonds is 1. The maximum absolute atomic E-state index is 11.2. The molecule has 2 rings (SSSR count). The highest BCUT2D eigenvalue weighted by Crippen LogP contribution is 2.22. The molecule has 0 N–H and O–H groups in total. The molecule has 0 unspecified atom stereocenters. The van der Waals surface area contributed by atoms with Crippen LogP contribution in [-0.2, 0) is 9.59 Å². The number of carbonyl (C=O) groups excluding carboxylic acids is 2. The summed E-state index contributed by atoms with van der Waals surface area (Å²) in [5.41, 5.74) is 0.813. The van der Waals surface area contributed by atoms with Crippen molar-refractivity contribution >= 4 is 28.3 Å². The summed E-state index contributed by atoms with van der Waals surface area (Å²) in [5, 5.41) is 2.24. The minimum Gasteiger partial charge on any atom is -0.269 e. The lowest BCUT2D eigenvalue weighted by atomic mass is 10.6. The van der Waals surface area contributed by atoms with Gasteiger partial charge in [-0.05, 0) is 6.92 Å². The molecule has 13 heavy (non-hydrogen) atoms. The second kappa shape index (κ2) is 2.77. The van der Waals surface area contributed by atoms with Crippen molar-refractivity contribution in [3.8, 4) is 0 Å². The van der Waals surface area contributed by atoms with Crippen LogP contribution in [-0.4, -0.2) is 16.8 Å². The molecule has 2 heterocycles. The first-order valence-electron chi connectivity index (χ1n) is 3.67. The van der Waals surface area contributed by atoms with Gasteiger partial charge in [-0.15, -0.1) is 11.3 Å². The van der Waals surface area contributed by atoms with Crippen molar-refractivity contribution in [2.75, 3.05) is 4.90 Å². The number of nitrogens with zero attached hydrogens (tertiary/aromatic N) is 2. The van der Waals surface area contributed by atoms with Crippen molar-refractivity contribution < 1.29 is 9.59 Å². The monoisotopic (exact) mass is 194 g/mol. The van der Waals surface area contributed by atoms with Gasteiger partial charge in [-0.1, -0.05) is 0 Å². The summed E-state index contributed by atoms with van der Waals surface area (Å²) in [6.07, 6.45) is 2.50. The Morgan fingerprint density at radius 2 is 1.92 bits per heavy atom. The summed E-state index contributed by atoms with van der Waals surface area (Å²) < 4.78 is 0. The van der Waals surface area contributed by atoms with E-state index in [2.05, 4.69) is 4.98 Å². The Kier molecular flexibility index (Phi) is 1.73. The largest absolute Gasteiger partial charge is 0.269 e. The molecule has 0 aromatic carbocycles. The number of thiazole rings is 1. The first-order chi connectivity index (χ1) is 6.18. The Hall–Kier alpha value is -1.49. The van der Waals surface area contributed by atoms with E-state index < -0.39 is 0 Å². The summed E-state index contributed by atoms with van der Waals surface area (Å²) in [4.78, 5) is 27.5. The van der Waals surface area contributed by atoms with Gasteiger partial charge in [0.1, 0.15) is 0 Å². The molecule has 1 aliphatic rings. The first kappa shape index (κ1) is 8.12. The van der Waals surface area contributed by atoms with E-state index in [9.17, 15) is 9.59 Å². The number of imide groups is 1. The van der Waals surface area contributed by atoms with Crippen LogP contribution in [0.4, 0.5) is 5.13 Å². The molecule has 4 nitrogen and oxygen atoms in total. The van der Waals surface area contributed by atoms with Crippen LogP contribution in [0.3, 0.4) is 0 Å². The van der Waals surface area contributed by atoms with Crippen molar-refractivity contribution in [3.05, 3.63) is 23.2 Å². The van der Waals surface area contributed by atoms with Crippen LogP contribution >= 0.6 is 11.3 Å². The molecule has 0 aliphatic carbocycles. The average molecular weight is 194 g/mol. The Labute approximate surface area is 78.5 Å². The molecule has 0 saturated carbocycles. The van der Waals surface area contributed by atoms with E-state index in [0.717, 1.165) is 10.6 Å². The highest BCUT2D eigenvalue weighted by Gasteiger charge is 2.27. The van der Waals surface area contributed by atoms with Crippen LogP contribution in [0.15, 0.2) is 17.5 Å². The fourth-order valence-electron chi connectivity index (χ4n) is 1.03. The van der Waals surface area contributed by atoms with E-state index in [1.807, 2.05) is 6.92 Å². The van der Waals surface area contributed by atoms with Gasteiger partial charge < -0.3 is 0 Å². The number of hydrogen-bond donors (Lipinski definition) is 0. The Morgan fingerprint density at radius 3 is 2.38 bits per heavy atom. The second-order valence-corrected chi connectivity index (χ2v) is 3.45. The van der Waals surface area contributed by atoms with Gasteiger partial charge in [0.05, 0.1) is 5.69 Å². The zero-order valence-corrected chi connectivity index (χ0v) is 7.67. The molecule has 0 saturated heterocycles. The molecule has 66 valence electrons. The lowest BCUT2D eigenvalue weighted by molar-refractivity contribution is -0.119. The predicted molar refractivity (Wildman–Crippen MR) is 48.5 cm³/mol. The fourth-order valence-corrected chi connectivity index (χ4v) is 1.84. The Bertz CT molecular complexity index is 390. The molecule has 2 amide bonds. The van der Waals surface area contributed by atoms with Gasteiger partial charge in [0.2, 0.25) is 0 Å². The zero-order chi connectivity index (χ0) is 9.42. The first-order valence-corrected chi connectivity index (χ1v) is 4.55. The lowest BCUT2D eigenvalue weighted by Crippen LogP contribution is -2.29. The third-order valence-electron chi connectivity index (χ3n) is 1.61. The van der Waals surface area contributed by atoms with E-state index in [4.69, 9.17) is 0 Å². The molecule has 0 atom stereocenters. The third-order valence-corrected chi connectivity index (χ3v) is 2.55. The molecular formula is C8H6N2O2S. The van der Waals surface area contributed by atoms with Gasteiger partial charge in [0.15, 0.2) is 5.13 Å². The molecule has 1 aromatic rings. The Morgan fingerprint density at radius 1 is 1.31 bits per heavy atom. The topological polar surface area (TPSA) is 50.3 Å². The second-order valence-electron chi connectivity index (χ2n) is 2.62. The van der Waals surface area contributed by atoms with Crippen LogP contribution in [0, 0.1) is 6.92 Å². The van der Waals surface area contributed by atoms with Crippen LogP contribution in [0.5, 0.6) is 0 Å². The molecule has 0 spiro atoms. The minimum absolute atomic E-state index is 0.320. The number of carbonyl (C=O) groups is 2. The number of aromatic nitrogens is 1. The van der Waals surface area contributed by atoms with E-state index in [1.54, 1.807) is 5.38 Å². The van der Waals surface area contributed by atoms with E-state index in [0.29, 0.717) is 5.13 Å². The maximum atomic E-state index is 11.2. The standard InChI is InChI=1S/C8H6N2O2S/c1-5-4-13-8(9-5)10-6(11)2-3-7(10)12/h2-4H,1H3. The van der Waals surface area contributed by atoms with Crippen LogP contribution in [0.2, 0.25) is 0 Å². The van der Waals surface area contributed by atoms with Gasteiger partial charge in [-0.25, -0.2) is 9.88 Å². The summed E-state index contributed by atoms with van der Waals surface area (Å²) in [7, 11) is 0. The van der Waals surface area contributed by atoms with Gasteiger partial charge in [-0.2, -0.15) is 0 Å². The number of amides is 2. The van der Waals surface area contributed by atoms with Crippen molar-refractivity contribution in [1.29, 1.82) is 0 Å². The molecule has 0 radical (unpaired) electrons. The zero-order valence-electron chi connectivity index (χ0n) is 6.85. The van der Waals surface area contributed by atoms with E-state index >= 15 is 0 Å². The smallest absolute Gasteiger partial charge is 0.260 e. The number of hydrogen-bond acceptors (Lipinski definition) is 4. The predicted octanol–water partition coefficient (Wildman–Crippen LogP) is 0.881. The molecule has 1 aromatic heterocycles. The van der Waals surface area contributed by atoms with Crippen molar-refractivity contribution in [2.24, 2.45) is 0 Å². The molecule has 5 heteroatoms. The van der Waals surface area contributed by atoms with E-state index in [-0.39, 0.29) is 11.8 Å². The highest BCUT2D eigenvalue weighted by molar-refractivity contribution is 7.14.